The molecule has 126 valence electrons. The fourth-order valence-corrected chi connectivity index (χ4v) is 2.31. The Kier molecular flexibility index (Phi) is 5.32. The maximum atomic E-state index is 12.1. The summed E-state index contributed by atoms with van der Waals surface area (Å²) in [7, 11) is 0. The SMILES string of the molecule is Cc1ccc(NC(=O)C=Cc2ccco2)c(OCc2ccccc2)c1. The monoisotopic (exact) mass is 333 g/mol. The first kappa shape index (κ1) is 16.6. The zero-order valence-corrected chi connectivity index (χ0v) is 13.9. The third-order valence-corrected chi connectivity index (χ3v) is 3.57. The van der Waals surface area contributed by atoms with Crippen molar-refractivity contribution in [2.24, 2.45) is 0 Å². The molecule has 1 aromatic heterocycles. The first-order chi connectivity index (χ1) is 12.2. The van der Waals surface area contributed by atoms with Gasteiger partial charge in [0.2, 0.25) is 5.91 Å². The average molecular weight is 333 g/mol. The molecule has 0 unspecified atom stereocenters. The van der Waals surface area contributed by atoms with Crippen LogP contribution in [0.3, 0.4) is 0 Å². The molecule has 0 aliphatic heterocycles. The lowest BCUT2D eigenvalue weighted by atomic mass is 10.2. The molecule has 3 aromatic rings. The van der Waals surface area contributed by atoms with Gasteiger partial charge in [-0.3, -0.25) is 4.79 Å². The average Bonchev–Trinajstić information content (AvgIpc) is 3.15. The Morgan fingerprint density at radius 2 is 1.96 bits per heavy atom. The van der Waals surface area contributed by atoms with Crippen LogP contribution in [-0.2, 0) is 11.4 Å². The van der Waals surface area contributed by atoms with Crippen LogP contribution in [0.5, 0.6) is 5.75 Å². The van der Waals surface area contributed by atoms with Crippen LogP contribution in [0.25, 0.3) is 6.08 Å². The summed E-state index contributed by atoms with van der Waals surface area (Å²) in [4.78, 5) is 12.1. The fourth-order valence-electron chi connectivity index (χ4n) is 2.31. The normalized spacial score (nSPS) is 10.8. The van der Waals surface area contributed by atoms with Crippen molar-refractivity contribution in [2.75, 3.05) is 5.32 Å². The van der Waals surface area contributed by atoms with E-state index in [-0.39, 0.29) is 5.91 Å². The minimum atomic E-state index is -0.246. The molecule has 0 radical (unpaired) electrons. The largest absolute Gasteiger partial charge is 0.487 e. The second-order valence-electron chi connectivity index (χ2n) is 5.61. The van der Waals surface area contributed by atoms with Crippen LogP contribution < -0.4 is 10.1 Å². The van der Waals surface area contributed by atoms with Crippen LogP contribution in [0.15, 0.2) is 77.4 Å². The lowest BCUT2D eigenvalue weighted by molar-refractivity contribution is -0.111. The van der Waals surface area contributed by atoms with E-state index >= 15 is 0 Å². The molecule has 4 heteroatoms. The number of anilines is 1. The van der Waals surface area contributed by atoms with Gasteiger partial charge in [0.25, 0.3) is 0 Å². The molecule has 0 aliphatic carbocycles. The third-order valence-electron chi connectivity index (χ3n) is 3.57. The predicted octanol–water partition coefficient (Wildman–Crippen LogP) is 4.82. The summed E-state index contributed by atoms with van der Waals surface area (Å²) in [5.41, 5.74) is 2.77. The predicted molar refractivity (Wildman–Crippen MR) is 98.3 cm³/mol. The van der Waals surface area contributed by atoms with Crippen molar-refractivity contribution in [2.45, 2.75) is 13.5 Å². The van der Waals surface area contributed by atoms with Crippen molar-refractivity contribution in [3.05, 3.63) is 89.9 Å². The van der Waals surface area contributed by atoms with Gasteiger partial charge in [-0.2, -0.15) is 0 Å². The summed E-state index contributed by atoms with van der Waals surface area (Å²) in [5, 5.41) is 2.84. The summed E-state index contributed by atoms with van der Waals surface area (Å²) in [6, 6.07) is 19.1. The summed E-state index contributed by atoms with van der Waals surface area (Å²) in [5.74, 6) is 1.02. The number of furan rings is 1. The van der Waals surface area contributed by atoms with Gasteiger partial charge in [0.15, 0.2) is 0 Å². The molecule has 0 fully saturated rings. The quantitative estimate of drug-likeness (QED) is 0.658. The van der Waals surface area contributed by atoms with Crippen molar-refractivity contribution >= 4 is 17.7 Å². The zero-order chi connectivity index (χ0) is 17.5. The molecule has 0 spiro atoms. The van der Waals surface area contributed by atoms with Gasteiger partial charge >= 0.3 is 0 Å². The van der Waals surface area contributed by atoms with Crippen molar-refractivity contribution in [1.29, 1.82) is 0 Å². The molecule has 3 rings (SSSR count). The molecule has 1 N–H and O–H groups in total. The van der Waals surface area contributed by atoms with E-state index in [4.69, 9.17) is 9.15 Å². The highest BCUT2D eigenvalue weighted by atomic mass is 16.5. The number of aryl methyl sites for hydroxylation is 1. The van der Waals surface area contributed by atoms with E-state index in [1.807, 2.05) is 55.5 Å². The number of hydrogen-bond acceptors (Lipinski definition) is 3. The molecular formula is C21H19NO3. The molecule has 0 atom stereocenters. The Morgan fingerprint density at radius 1 is 1.12 bits per heavy atom. The Bertz CT molecular complexity index is 852. The van der Waals surface area contributed by atoms with E-state index in [0.29, 0.717) is 23.8 Å². The lowest BCUT2D eigenvalue weighted by Gasteiger charge is -2.13. The van der Waals surface area contributed by atoms with Crippen LogP contribution >= 0.6 is 0 Å². The highest BCUT2D eigenvalue weighted by Crippen LogP contribution is 2.26. The van der Waals surface area contributed by atoms with E-state index in [9.17, 15) is 4.79 Å². The number of amides is 1. The number of carbonyl (C=O) groups excluding carboxylic acids is 1. The summed E-state index contributed by atoms with van der Waals surface area (Å²) < 4.78 is 11.1. The number of nitrogens with one attached hydrogen (secondary N) is 1. The molecular weight excluding hydrogens is 314 g/mol. The van der Waals surface area contributed by atoms with Gasteiger partial charge in [-0.1, -0.05) is 36.4 Å². The first-order valence-corrected chi connectivity index (χ1v) is 8.01. The van der Waals surface area contributed by atoms with Crippen LogP contribution in [0, 0.1) is 6.92 Å². The second kappa shape index (κ2) is 8.02. The topological polar surface area (TPSA) is 51.5 Å². The zero-order valence-electron chi connectivity index (χ0n) is 13.9. The Hall–Kier alpha value is -3.27. The number of benzene rings is 2. The van der Waals surface area contributed by atoms with E-state index in [2.05, 4.69) is 5.32 Å². The molecule has 0 saturated carbocycles. The van der Waals surface area contributed by atoms with E-state index < -0.39 is 0 Å². The number of rotatable bonds is 6. The van der Waals surface area contributed by atoms with Crippen molar-refractivity contribution in [1.82, 2.24) is 0 Å². The van der Waals surface area contributed by atoms with Gasteiger partial charge in [-0.25, -0.2) is 0 Å². The van der Waals surface area contributed by atoms with Gasteiger partial charge in [0.05, 0.1) is 12.0 Å². The molecule has 2 aromatic carbocycles. The standard InChI is InChI=1S/C21H19NO3/c1-16-9-11-19(22-21(23)12-10-18-8-5-13-24-18)20(14-16)25-15-17-6-3-2-4-7-17/h2-14H,15H2,1H3,(H,22,23). The van der Waals surface area contributed by atoms with Gasteiger partial charge in [0, 0.05) is 6.08 Å². The molecule has 4 nitrogen and oxygen atoms in total. The molecule has 1 amide bonds. The summed E-state index contributed by atoms with van der Waals surface area (Å²) in [6.45, 7) is 2.42. The smallest absolute Gasteiger partial charge is 0.248 e. The van der Waals surface area contributed by atoms with Crippen LogP contribution in [0.2, 0.25) is 0 Å². The van der Waals surface area contributed by atoms with E-state index in [0.717, 1.165) is 11.1 Å². The Balaban J connectivity index is 1.69. The summed E-state index contributed by atoms with van der Waals surface area (Å²) in [6.07, 6.45) is 4.61. The van der Waals surface area contributed by atoms with Crippen LogP contribution in [0.1, 0.15) is 16.9 Å². The van der Waals surface area contributed by atoms with Gasteiger partial charge in [-0.05, 0) is 48.4 Å². The van der Waals surface area contributed by atoms with Gasteiger partial charge in [0.1, 0.15) is 18.1 Å². The molecule has 25 heavy (non-hydrogen) atoms. The fraction of sp³-hybridized carbons (Fsp3) is 0.0952. The third kappa shape index (κ3) is 4.85. The maximum absolute atomic E-state index is 12.1. The number of hydrogen-bond donors (Lipinski definition) is 1. The van der Waals surface area contributed by atoms with Crippen molar-refractivity contribution in [3.63, 3.8) is 0 Å². The number of ether oxygens (including phenoxy) is 1. The van der Waals surface area contributed by atoms with Crippen LogP contribution in [-0.4, -0.2) is 5.91 Å². The number of carbonyl (C=O) groups is 1. The highest BCUT2D eigenvalue weighted by Gasteiger charge is 2.07. The molecule has 0 aliphatic rings. The second-order valence-corrected chi connectivity index (χ2v) is 5.61. The van der Waals surface area contributed by atoms with E-state index in [1.165, 1.54) is 6.08 Å². The maximum Gasteiger partial charge on any atom is 0.248 e. The molecule has 0 bridgehead atoms. The minimum Gasteiger partial charge on any atom is -0.487 e. The molecule has 0 saturated heterocycles. The Labute approximate surface area is 146 Å². The minimum absolute atomic E-state index is 0.246. The first-order valence-electron chi connectivity index (χ1n) is 8.01. The summed E-state index contributed by atoms with van der Waals surface area (Å²) >= 11 is 0. The van der Waals surface area contributed by atoms with Gasteiger partial charge < -0.3 is 14.5 Å². The molecule has 1 heterocycles. The highest BCUT2D eigenvalue weighted by molar-refractivity contribution is 6.02. The van der Waals surface area contributed by atoms with Crippen molar-refractivity contribution < 1.29 is 13.9 Å². The van der Waals surface area contributed by atoms with E-state index in [1.54, 1.807) is 24.5 Å². The lowest BCUT2D eigenvalue weighted by Crippen LogP contribution is -2.09. The van der Waals surface area contributed by atoms with Crippen molar-refractivity contribution in [3.8, 4) is 5.75 Å². The van der Waals surface area contributed by atoms with Crippen LogP contribution in [0.4, 0.5) is 5.69 Å². The van der Waals surface area contributed by atoms with Gasteiger partial charge in [-0.15, -0.1) is 0 Å². The Morgan fingerprint density at radius 3 is 2.72 bits per heavy atom.